The second-order valence-corrected chi connectivity index (χ2v) is 4.71. The zero-order valence-corrected chi connectivity index (χ0v) is 10.8. The average Bonchev–Trinajstić information content (AvgIpc) is 2.33. The second kappa shape index (κ2) is 5.98. The number of nitrogens with zero attached hydrogens (tertiary/aromatic N) is 2. The lowest BCUT2D eigenvalue weighted by atomic mass is 10.2. The van der Waals surface area contributed by atoms with Crippen molar-refractivity contribution in [3.63, 3.8) is 0 Å². The summed E-state index contributed by atoms with van der Waals surface area (Å²) in [5.41, 5.74) is 0.913. The number of ether oxygens (including phenoxy) is 1. The highest BCUT2D eigenvalue weighted by molar-refractivity contribution is 6.32. The Morgan fingerprint density at radius 3 is 3.00 bits per heavy atom. The minimum Gasteiger partial charge on any atom is -0.395 e. The Balaban J connectivity index is 2.08. The fourth-order valence-electron chi connectivity index (χ4n) is 1.84. The van der Waals surface area contributed by atoms with Crippen LogP contribution < -0.4 is 0 Å². The van der Waals surface area contributed by atoms with Crippen LogP contribution in [0.4, 0.5) is 0 Å². The van der Waals surface area contributed by atoms with E-state index in [1.54, 1.807) is 6.07 Å². The highest BCUT2D eigenvalue weighted by atomic mass is 35.5. The van der Waals surface area contributed by atoms with E-state index >= 15 is 0 Å². The summed E-state index contributed by atoms with van der Waals surface area (Å²) in [5, 5.41) is 10.1. The zero-order valence-electron chi connectivity index (χ0n) is 9.27. The summed E-state index contributed by atoms with van der Waals surface area (Å²) in [4.78, 5) is 6.14. The molecule has 0 aliphatic carbocycles. The maximum Gasteiger partial charge on any atom is 0.135 e. The van der Waals surface area contributed by atoms with Gasteiger partial charge in [0.25, 0.3) is 0 Å². The van der Waals surface area contributed by atoms with E-state index < -0.39 is 0 Å². The number of hydrogen-bond donors (Lipinski definition) is 1. The van der Waals surface area contributed by atoms with Crippen LogP contribution >= 0.6 is 23.2 Å². The largest absolute Gasteiger partial charge is 0.395 e. The predicted octanol–water partition coefficient (Wildman–Crippen LogP) is 1.58. The number of rotatable bonds is 3. The van der Waals surface area contributed by atoms with E-state index in [0.717, 1.165) is 12.1 Å². The Bertz CT molecular complexity index is 390. The van der Waals surface area contributed by atoms with E-state index in [9.17, 15) is 5.11 Å². The SMILES string of the molecule is OCC1COCCN1Cc1ccc(Cl)nc1Cl. The van der Waals surface area contributed by atoms with Gasteiger partial charge in [-0.25, -0.2) is 4.98 Å². The highest BCUT2D eigenvalue weighted by Gasteiger charge is 2.23. The quantitative estimate of drug-likeness (QED) is 0.852. The van der Waals surface area contributed by atoms with Crippen LogP contribution in [-0.4, -0.2) is 47.4 Å². The van der Waals surface area contributed by atoms with Crippen molar-refractivity contribution in [3.8, 4) is 0 Å². The predicted molar refractivity (Wildman–Crippen MR) is 66.4 cm³/mol. The summed E-state index contributed by atoms with van der Waals surface area (Å²) >= 11 is 11.8. The lowest BCUT2D eigenvalue weighted by Gasteiger charge is -2.34. The third-order valence-corrected chi connectivity index (χ3v) is 3.36. The normalized spacial score (nSPS) is 21.7. The first-order valence-electron chi connectivity index (χ1n) is 5.44. The molecule has 1 saturated heterocycles. The van der Waals surface area contributed by atoms with Gasteiger partial charge in [0.15, 0.2) is 0 Å². The molecule has 0 aromatic carbocycles. The molecular formula is C11H14Cl2N2O2. The van der Waals surface area contributed by atoms with Gasteiger partial charge in [0.05, 0.1) is 25.9 Å². The van der Waals surface area contributed by atoms with E-state index in [0.29, 0.717) is 30.1 Å². The smallest absolute Gasteiger partial charge is 0.135 e. The van der Waals surface area contributed by atoms with Crippen LogP contribution in [0.3, 0.4) is 0 Å². The molecule has 2 heterocycles. The first-order chi connectivity index (χ1) is 8.20. The first-order valence-corrected chi connectivity index (χ1v) is 6.20. The molecule has 0 spiro atoms. The summed E-state index contributed by atoms with van der Waals surface area (Å²) in [5.74, 6) is 0. The van der Waals surface area contributed by atoms with Crippen LogP contribution in [0.1, 0.15) is 5.56 Å². The van der Waals surface area contributed by atoms with Gasteiger partial charge in [-0.1, -0.05) is 29.3 Å². The minimum absolute atomic E-state index is 0.0236. The van der Waals surface area contributed by atoms with Gasteiger partial charge >= 0.3 is 0 Å². The standard InChI is InChI=1S/C11H14Cl2N2O2/c12-10-2-1-8(11(13)14-10)5-15-3-4-17-7-9(15)6-16/h1-2,9,16H,3-7H2. The maximum absolute atomic E-state index is 9.26. The van der Waals surface area contributed by atoms with Gasteiger partial charge in [0.1, 0.15) is 10.3 Å². The summed E-state index contributed by atoms with van der Waals surface area (Å²) in [6, 6.07) is 3.61. The van der Waals surface area contributed by atoms with E-state index in [2.05, 4.69) is 9.88 Å². The number of aliphatic hydroxyl groups is 1. The summed E-state index contributed by atoms with van der Waals surface area (Å²) in [6.07, 6.45) is 0. The van der Waals surface area contributed by atoms with Gasteiger partial charge in [0.2, 0.25) is 0 Å². The van der Waals surface area contributed by atoms with Gasteiger partial charge < -0.3 is 9.84 Å². The average molecular weight is 277 g/mol. The van der Waals surface area contributed by atoms with Gasteiger partial charge in [-0.15, -0.1) is 0 Å². The number of pyridine rings is 1. The number of aliphatic hydroxyl groups excluding tert-OH is 1. The first kappa shape index (κ1) is 13.1. The van der Waals surface area contributed by atoms with Crippen LogP contribution in [0.5, 0.6) is 0 Å². The second-order valence-electron chi connectivity index (χ2n) is 3.97. The summed E-state index contributed by atoms with van der Waals surface area (Å²) < 4.78 is 5.32. The number of halogens is 2. The molecule has 1 N–H and O–H groups in total. The van der Waals surface area contributed by atoms with E-state index in [1.165, 1.54) is 0 Å². The van der Waals surface area contributed by atoms with Crippen LogP contribution in [0, 0.1) is 0 Å². The molecule has 1 aromatic heterocycles. The fourth-order valence-corrected chi connectivity index (χ4v) is 2.25. The van der Waals surface area contributed by atoms with Crippen molar-refractivity contribution in [1.29, 1.82) is 0 Å². The molecule has 1 unspecified atom stereocenters. The fraction of sp³-hybridized carbons (Fsp3) is 0.545. The molecular weight excluding hydrogens is 263 g/mol. The van der Waals surface area contributed by atoms with Crippen molar-refractivity contribution in [1.82, 2.24) is 9.88 Å². The molecule has 0 saturated carbocycles. The molecule has 1 aliphatic rings. The van der Waals surface area contributed by atoms with Crippen molar-refractivity contribution in [2.24, 2.45) is 0 Å². The zero-order chi connectivity index (χ0) is 12.3. The van der Waals surface area contributed by atoms with Gasteiger partial charge in [0, 0.05) is 18.7 Å². The van der Waals surface area contributed by atoms with Crippen LogP contribution in [-0.2, 0) is 11.3 Å². The Labute approximate surface area is 110 Å². The highest BCUT2D eigenvalue weighted by Crippen LogP contribution is 2.20. The molecule has 1 atom stereocenters. The lowest BCUT2D eigenvalue weighted by molar-refractivity contribution is -0.0312. The Hall–Kier alpha value is -0.390. The van der Waals surface area contributed by atoms with E-state index in [-0.39, 0.29) is 12.6 Å². The minimum atomic E-state index is 0.0236. The molecule has 17 heavy (non-hydrogen) atoms. The Morgan fingerprint density at radius 1 is 1.47 bits per heavy atom. The molecule has 2 rings (SSSR count). The van der Waals surface area contributed by atoms with Gasteiger partial charge in [-0.05, 0) is 6.07 Å². The van der Waals surface area contributed by atoms with E-state index in [1.807, 2.05) is 6.07 Å². The molecule has 1 fully saturated rings. The monoisotopic (exact) mass is 276 g/mol. The number of aromatic nitrogens is 1. The number of morpholine rings is 1. The molecule has 1 aliphatic heterocycles. The molecule has 0 bridgehead atoms. The molecule has 6 heteroatoms. The summed E-state index contributed by atoms with van der Waals surface area (Å²) in [7, 11) is 0. The molecule has 4 nitrogen and oxygen atoms in total. The van der Waals surface area contributed by atoms with Crippen LogP contribution in [0.25, 0.3) is 0 Å². The van der Waals surface area contributed by atoms with Crippen molar-refractivity contribution >= 4 is 23.2 Å². The van der Waals surface area contributed by atoms with Crippen molar-refractivity contribution in [2.75, 3.05) is 26.4 Å². The molecule has 94 valence electrons. The van der Waals surface area contributed by atoms with Gasteiger partial charge in [-0.2, -0.15) is 0 Å². The molecule has 0 amide bonds. The van der Waals surface area contributed by atoms with Crippen LogP contribution in [0.2, 0.25) is 10.3 Å². The van der Waals surface area contributed by atoms with Crippen LogP contribution in [0.15, 0.2) is 12.1 Å². The lowest BCUT2D eigenvalue weighted by Crippen LogP contribution is -2.46. The van der Waals surface area contributed by atoms with E-state index in [4.69, 9.17) is 27.9 Å². The molecule has 0 radical (unpaired) electrons. The van der Waals surface area contributed by atoms with Crippen molar-refractivity contribution < 1.29 is 9.84 Å². The summed E-state index contributed by atoms with van der Waals surface area (Å²) in [6.45, 7) is 2.74. The number of hydrogen-bond acceptors (Lipinski definition) is 4. The van der Waals surface area contributed by atoms with Crippen molar-refractivity contribution in [2.45, 2.75) is 12.6 Å². The third kappa shape index (κ3) is 3.30. The Kier molecular flexibility index (Phi) is 4.59. The Morgan fingerprint density at radius 2 is 2.29 bits per heavy atom. The molecule has 1 aromatic rings. The third-order valence-electron chi connectivity index (χ3n) is 2.83. The van der Waals surface area contributed by atoms with Gasteiger partial charge in [-0.3, -0.25) is 4.90 Å². The topological polar surface area (TPSA) is 45.6 Å². The van der Waals surface area contributed by atoms with Crippen molar-refractivity contribution in [3.05, 3.63) is 28.0 Å². The maximum atomic E-state index is 9.26.